The highest BCUT2D eigenvalue weighted by Crippen LogP contribution is 2.29. The number of aromatic nitrogens is 5. The molecule has 3 rings (SSSR count). The van der Waals surface area contributed by atoms with E-state index >= 15 is 0 Å². The van der Waals surface area contributed by atoms with E-state index in [9.17, 15) is 9.59 Å². The molecule has 8 heteroatoms. The van der Waals surface area contributed by atoms with E-state index in [-0.39, 0.29) is 23.7 Å². The van der Waals surface area contributed by atoms with Gasteiger partial charge in [0, 0.05) is 18.8 Å². The lowest BCUT2D eigenvalue weighted by Crippen LogP contribution is -2.40. The Balaban J connectivity index is 1.91. The maximum Gasteiger partial charge on any atom is 0.340 e. The van der Waals surface area contributed by atoms with Crippen LogP contribution in [0.15, 0.2) is 17.1 Å². The second-order valence-corrected chi connectivity index (χ2v) is 5.83. The predicted molar refractivity (Wildman–Crippen MR) is 79.4 cm³/mol. The second-order valence-electron chi connectivity index (χ2n) is 5.83. The normalized spacial score (nSPS) is 18.9. The number of nitrogens with one attached hydrogen (secondary N) is 2. The van der Waals surface area contributed by atoms with E-state index in [4.69, 9.17) is 0 Å². The van der Waals surface area contributed by atoms with Gasteiger partial charge in [0.1, 0.15) is 5.69 Å². The van der Waals surface area contributed by atoms with Gasteiger partial charge in [0.05, 0.1) is 6.04 Å². The summed E-state index contributed by atoms with van der Waals surface area (Å²) >= 11 is 0. The highest BCUT2D eigenvalue weighted by Gasteiger charge is 2.32. The number of aromatic amines is 2. The molecule has 1 saturated heterocycles. The van der Waals surface area contributed by atoms with E-state index in [1.54, 1.807) is 21.8 Å². The summed E-state index contributed by atoms with van der Waals surface area (Å²) in [5.41, 5.74) is 0.222. The molecule has 3 heterocycles. The molecule has 0 saturated carbocycles. The molecule has 8 nitrogen and oxygen atoms in total. The topological polar surface area (TPSA) is 99.7 Å². The van der Waals surface area contributed by atoms with Crippen LogP contribution in [0.2, 0.25) is 0 Å². The summed E-state index contributed by atoms with van der Waals surface area (Å²) in [4.78, 5) is 28.7. The summed E-state index contributed by atoms with van der Waals surface area (Å²) in [5, 5.41) is 10.6. The number of rotatable bonds is 3. The minimum absolute atomic E-state index is 0.0697. The second kappa shape index (κ2) is 5.78. The van der Waals surface area contributed by atoms with Crippen LogP contribution in [0, 0.1) is 0 Å². The molecule has 1 fully saturated rings. The van der Waals surface area contributed by atoms with E-state index < -0.39 is 0 Å². The van der Waals surface area contributed by atoms with Crippen LogP contribution in [0.3, 0.4) is 0 Å². The quantitative estimate of drug-likeness (QED) is 0.891. The summed E-state index contributed by atoms with van der Waals surface area (Å²) in [6, 6.07) is 1.65. The van der Waals surface area contributed by atoms with Crippen molar-refractivity contribution >= 4 is 5.91 Å². The van der Waals surface area contributed by atoms with Crippen molar-refractivity contribution in [2.45, 2.75) is 45.2 Å². The SMILES string of the molecule is CC(C)n1nccc1C(=O)N1CCCCC1c1n[nH]c(=O)[nH]1. The molecule has 2 N–H and O–H groups in total. The molecule has 2 aromatic heterocycles. The van der Waals surface area contributed by atoms with Crippen LogP contribution >= 0.6 is 0 Å². The van der Waals surface area contributed by atoms with E-state index in [1.807, 2.05) is 13.8 Å². The Bertz CT molecular complexity index is 713. The number of likely N-dealkylation sites (tertiary alicyclic amines) is 1. The van der Waals surface area contributed by atoms with Crippen LogP contribution in [0.4, 0.5) is 0 Å². The molecule has 1 aliphatic rings. The molecule has 0 aromatic carbocycles. The van der Waals surface area contributed by atoms with Crippen LogP contribution in [0.25, 0.3) is 0 Å². The maximum absolute atomic E-state index is 12.9. The summed E-state index contributed by atoms with van der Waals surface area (Å²) < 4.78 is 1.72. The van der Waals surface area contributed by atoms with E-state index in [2.05, 4.69) is 20.3 Å². The lowest BCUT2D eigenvalue weighted by molar-refractivity contribution is 0.0585. The van der Waals surface area contributed by atoms with E-state index in [0.717, 1.165) is 19.3 Å². The third kappa shape index (κ3) is 2.56. The summed E-state index contributed by atoms with van der Waals surface area (Å²) in [6.07, 6.45) is 4.39. The smallest absolute Gasteiger partial charge is 0.327 e. The van der Waals surface area contributed by atoms with Crippen LogP contribution < -0.4 is 5.69 Å². The Morgan fingerprint density at radius 2 is 2.23 bits per heavy atom. The van der Waals surface area contributed by atoms with Gasteiger partial charge in [0.15, 0.2) is 5.82 Å². The molecule has 0 spiro atoms. The van der Waals surface area contributed by atoms with Crippen LogP contribution in [-0.2, 0) is 0 Å². The van der Waals surface area contributed by atoms with Crippen LogP contribution in [-0.4, -0.2) is 42.3 Å². The molecule has 1 atom stereocenters. The van der Waals surface area contributed by atoms with Crippen LogP contribution in [0.1, 0.15) is 61.5 Å². The van der Waals surface area contributed by atoms with Crippen molar-refractivity contribution in [3.8, 4) is 0 Å². The monoisotopic (exact) mass is 304 g/mol. The molecular weight excluding hydrogens is 284 g/mol. The zero-order valence-electron chi connectivity index (χ0n) is 12.7. The Morgan fingerprint density at radius 1 is 1.41 bits per heavy atom. The average Bonchev–Trinajstić information content (AvgIpc) is 3.15. The summed E-state index contributed by atoms with van der Waals surface area (Å²) in [5.74, 6) is 0.452. The van der Waals surface area contributed by atoms with Crippen molar-refractivity contribution in [2.24, 2.45) is 0 Å². The fourth-order valence-electron chi connectivity index (χ4n) is 2.94. The fraction of sp³-hybridized carbons (Fsp3) is 0.571. The molecule has 1 unspecified atom stereocenters. The van der Waals surface area contributed by atoms with Gasteiger partial charge >= 0.3 is 5.69 Å². The highest BCUT2D eigenvalue weighted by atomic mass is 16.2. The lowest BCUT2D eigenvalue weighted by atomic mass is 10.0. The molecular formula is C14H20N6O2. The number of hydrogen-bond acceptors (Lipinski definition) is 4. The number of hydrogen-bond donors (Lipinski definition) is 2. The number of carbonyl (C=O) groups is 1. The molecule has 118 valence electrons. The first-order valence-electron chi connectivity index (χ1n) is 7.57. The molecule has 0 radical (unpaired) electrons. The van der Waals surface area contributed by atoms with Gasteiger partial charge in [-0.15, -0.1) is 0 Å². The fourth-order valence-corrected chi connectivity index (χ4v) is 2.94. The van der Waals surface area contributed by atoms with Crippen molar-refractivity contribution in [3.05, 3.63) is 34.3 Å². The summed E-state index contributed by atoms with van der Waals surface area (Å²) in [7, 11) is 0. The van der Waals surface area contributed by atoms with Gasteiger partial charge in [0.2, 0.25) is 0 Å². The molecule has 0 aliphatic carbocycles. The van der Waals surface area contributed by atoms with E-state index in [0.29, 0.717) is 18.1 Å². The minimum Gasteiger partial charge on any atom is -0.327 e. The number of piperidine rings is 1. The highest BCUT2D eigenvalue weighted by molar-refractivity contribution is 5.92. The Morgan fingerprint density at radius 3 is 2.91 bits per heavy atom. The van der Waals surface area contributed by atoms with Gasteiger partial charge in [-0.2, -0.15) is 10.2 Å². The zero-order valence-corrected chi connectivity index (χ0v) is 12.7. The first-order chi connectivity index (χ1) is 10.6. The number of carbonyl (C=O) groups excluding carboxylic acids is 1. The van der Waals surface area contributed by atoms with Crippen molar-refractivity contribution in [2.75, 3.05) is 6.54 Å². The van der Waals surface area contributed by atoms with Gasteiger partial charge in [-0.3, -0.25) is 14.5 Å². The van der Waals surface area contributed by atoms with Crippen molar-refractivity contribution < 1.29 is 4.79 Å². The standard InChI is InChI=1S/C14H20N6O2/c1-9(2)20-11(6-7-15-20)13(21)19-8-4-3-5-10(19)12-16-14(22)18-17-12/h6-7,9-10H,3-5,8H2,1-2H3,(H2,16,17,18,22). The molecule has 2 aromatic rings. The molecule has 22 heavy (non-hydrogen) atoms. The van der Waals surface area contributed by atoms with Crippen molar-refractivity contribution in [1.29, 1.82) is 0 Å². The maximum atomic E-state index is 12.9. The van der Waals surface area contributed by atoms with Gasteiger partial charge in [0.25, 0.3) is 5.91 Å². The van der Waals surface area contributed by atoms with E-state index in [1.165, 1.54) is 0 Å². The Labute approximate surface area is 127 Å². The third-order valence-corrected chi connectivity index (χ3v) is 3.98. The van der Waals surface area contributed by atoms with Gasteiger partial charge < -0.3 is 4.90 Å². The first-order valence-corrected chi connectivity index (χ1v) is 7.57. The van der Waals surface area contributed by atoms with Crippen molar-refractivity contribution in [1.82, 2.24) is 29.9 Å². The van der Waals surface area contributed by atoms with Gasteiger partial charge in [-0.25, -0.2) is 9.89 Å². The Hall–Kier alpha value is -2.38. The third-order valence-electron chi connectivity index (χ3n) is 3.98. The first kappa shape index (κ1) is 14.6. The minimum atomic E-state index is -0.347. The predicted octanol–water partition coefficient (Wildman–Crippen LogP) is 1.24. The molecule has 0 bridgehead atoms. The number of amides is 1. The average molecular weight is 304 g/mol. The zero-order chi connectivity index (χ0) is 15.7. The molecule has 1 amide bonds. The largest absolute Gasteiger partial charge is 0.340 e. The number of H-pyrrole nitrogens is 2. The van der Waals surface area contributed by atoms with Gasteiger partial charge in [-0.05, 0) is 39.2 Å². The van der Waals surface area contributed by atoms with Gasteiger partial charge in [-0.1, -0.05) is 0 Å². The van der Waals surface area contributed by atoms with Crippen molar-refractivity contribution in [3.63, 3.8) is 0 Å². The number of nitrogens with zero attached hydrogens (tertiary/aromatic N) is 4. The summed E-state index contributed by atoms with van der Waals surface area (Å²) in [6.45, 7) is 4.63. The lowest BCUT2D eigenvalue weighted by Gasteiger charge is -2.34. The van der Waals surface area contributed by atoms with Crippen LogP contribution in [0.5, 0.6) is 0 Å². The Kier molecular flexibility index (Phi) is 3.82. The molecule has 1 aliphatic heterocycles.